The van der Waals surface area contributed by atoms with Crippen LogP contribution in [0.4, 0.5) is 0 Å². The number of ether oxygens (including phenoxy) is 1. The second kappa shape index (κ2) is 7.50. The molecule has 0 aliphatic carbocycles. The minimum Gasteiger partial charge on any atom is -0.380 e. The van der Waals surface area contributed by atoms with Gasteiger partial charge in [-0.25, -0.2) is 9.97 Å². The second-order valence-corrected chi connectivity index (χ2v) is 6.13. The Morgan fingerprint density at radius 3 is 2.92 bits per heavy atom. The summed E-state index contributed by atoms with van der Waals surface area (Å²) < 4.78 is 7.77. The number of primary amides is 1. The van der Waals surface area contributed by atoms with Crippen LogP contribution >= 0.6 is 0 Å². The van der Waals surface area contributed by atoms with Gasteiger partial charge in [0.15, 0.2) is 0 Å². The molecule has 0 saturated carbocycles. The minimum atomic E-state index is -0.561. The zero-order valence-corrected chi connectivity index (χ0v) is 13.8. The van der Waals surface area contributed by atoms with Gasteiger partial charge in [-0.1, -0.05) is 0 Å². The van der Waals surface area contributed by atoms with E-state index in [9.17, 15) is 4.79 Å². The average molecular weight is 330 g/mol. The Kier molecular flexibility index (Phi) is 5.17. The molecule has 2 aromatic rings. The summed E-state index contributed by atoms with van der Waals surface area (Å²) >= 11 is 0. The lowest BCUT2D eigenvalue weighted by Gasteiger charge is -2.23. The molecular formula is C16H22N6O2. The van der Waals surface area contributed by atoms with E-state index in [-0.39, 0.29) is 5.69 Å². The molecule has 0 aromatic carbocycles. The molecule has 8 nitrogen and oxygen atoms in total. The van der Waals surface area contributed by atoms with E-state index in [1.54, 1.807) is 6.20 Å². The lowest BCUT2D eigenvalue weighted by Crippen LogP contribution is -2.31. The van der Waals surface area contributed by atoms with Crippen molar-refractivity contribution in [1.82, 2.24) is 24.4 Å². The largest absolute Gasteiger partial charge is 0.380 e. The zero-order valence-electron chi connectivity index (χ0n) is 13.8. The number of nitrogens with zero attached hydrogens (tertiary/aromatic N) is 5. The summed E-state index contributed by atoms with van der Waals surface area (Å²) in [6, 6.07) is 0. The first-order valence-electron chi connectivity index (χ1n) is 7.98. The Labute approximate surface area is 140 Å². The average Bonchev–Trinajstić information content (AvgIpc) is 2.83. The third-order valence-electron chi connectivity index (χ3n) is 4.18. The number of carbonyl (C=O) groups excluding carboxylic acids is 1. The van der Waals surface area contributed by atoms with Crippen molar-refractivity contribution in [3.05, 3.63) is 42.0 Å². The van der Waals surface area contributed by atoms with Crippen LogP contribution in [0.2, 0.25) is 0 Å². The molecule has 2 aromatic heterocycles. The van der Waals surface area contributed by atoms with Gasteiger partial charge >= 0.3 is 0 Å². The molecule has 128 valence electrons. The van der Waals surface area contributed by atoms with Crippen LogP contribution in [0.3, 0.4) is 0 Å². The standard InChI is InChI=1S/C16H22N6O2/c1-21-11-18-6-14(21)9-22-2-3-24-10-12(8-22)4-13-5-20-15(7-19-13)16(17)23/h5-7,11-12H,2-4,8-10H2,1H3,(H2,17,23). The maximum atomic E-state index is 11.1. The molecule has 0 bridgehead atoms. The minimum absolute atomic E-state index is 0.189. The van der Waals surface area contributed by atoms with Crippen molar-refractivity contribution < 1.29 is 9.53 Å². The first-order chi connectivity index (χ1) is 11.6. The van der Waals surface area contributed by atoms with Crippen LogP contribution < -0.4 is 5.73 Å². The molecule has 3 heterocycles. The number of hydrogen-bond acceptors (Lipinski definition) is 6. The monoisotopic (exact) mass is 330 g/mol. The van der Waals surface area contributed by atoms with Crippen molar-refractivity contribution in [3.63, 3.8) is 0 Å². The van der Waals surface area contributed by atoms with E-state index < -0.39 is 5.91 Å². The van der Waals surface area contributed by atoms with Crippen molar-refractivity contribution in [2.24, 2.45) is 18.7 Å². The van der Waals surface area contributed by atoms with Gasteiger partial charge in [0, 0.05) is 45.0 Å². The van der Waals surface area contributed by atoms with Crippen LogP contribution in [0.25, 0.3) is 0 Å². The first kappa shape index (κ1) is 16.5. The SMILES string of the molecule is Cn1cncc1CN1CCOCC(Cc2cnc(C(N)=O)cn2)C1. The maximum absolute atomic E-state index is 11.1. The number of rotatable bonds is 5. The highest BCUT2D eigenvalue weighted by atomic mass is 16.5. The van der Waals surface area contributed by atoms with Gasteiger partial charge in [0.05, 0.1) is 37.1 Å². The Morgan fingerprint density at radius 2 is 2.25 bits per heavy atom. The Bertz CT molecular complexity index is 684. The molecule has 1 amide bonds. The van der Waals surface area contributed by atoms with Gasteiger partial charge in [-0.2, -0.15) is 0 Å². The van der Waals surface area contributed by atoms with E-state index in [0.29, 0.717) is 12.5 Å². The maximum Gasteiger partial charge on any atom is 0.268 e. The number of imidazole rings is 1. The van der Waals surface area contributed by atoms with Gasteiger partial charge in [0.2, 0.25) is 0 Å². The van der Waals surface area contributed by atoms with Gasteiger partial charge in [0.1, 0.15) is 5.69 Å². The molecule has 1 saturated heterocycles. The number of carbonyl (C=O) groups is 1. The molecule has 0 spiro atoms. The number of aryl methyl sites for hydroxylation is 1. The summed E-state index contributed by atoms with van der Waals surface area (Å²) in [6.45, 7) is 4.09. The van der Waals surface area contributed by atoms with Crippen LogP contribution in [0.5, 0.6) is 0 Å². The molecule has 1 fully saturated rings. The van der Waals surface area contributed by atoms with Crippen molar-refractivity contribution >= 4 is 5.91 Å². The highest BCUT2D eigenvalue weighted by molar-refractivity contribution is 5.90. The highest BCUT2D eigenvalue weighted by Gasteiger charge is 2.20. The van der Waals surface area contributed by atoms with Gasteiger partial charge in [-0.3, -0.25) is 14.7 Å². The van der Waals surface area contributed by atoms with Crippen LogP contribution in [0.1, 0.15) is 21.9 Å². The molecule has 0 radical (unpaired) electrons. The van der Waals surface area contributed by atoms with Gasteiger partial charge in [-0.05, 0) is 6.42 Å². The molecule has 24 heavy (non-hydrogen) atoms. The fraction of sp³-hybridized carbons (Fsp3) is 0.500. The molecule has 1 aliphatic rings. The second-order valence-electron chi connectivity index (χ2n) is 6.13. The molecule has 2 N–H and O–H groups in total. The quantitative estimate of drug-likeness (QED) is 0.828. The number of nitrogens with two attached hydrogens (primary N) is 1. The topological polar surface area (TPSA) is 99.2 Å². The normalized spacial score (nSPS) is 19.1. The lowest BCUT2D eigenvalue weighted by atomic mass is 10.0. The highest BCUT2D eigenvalue weighted by Crippen LogP contribution is 2.14. The van der Waals surface area contributed by atoms with Crippen molar-refractivity contribution in [2.75, 3.05) is 26.3 Å². The van der Waals surface area contributed by atoms with E-state index in [4.69, 9.17) is 10.5 Å². The van der Waals surface area contributed by atoms with Crippen molar-refractivity contribution in [2.45, 2.75) is 13.0 Å². The molecule has 1 aliphatic heterocycles. The van der Waals surface area contributed by atoms with Crippen molar-refractivity contribution in [1.29, 1.82) is 0 Å². The van der Waals surface area contributed by atoms with E-state index in [1.807, 2.05) is 24.1 Å². The van der Waals surface area contributed by atoms with Gasteiger partial charge in [-0.15, -0.1) is 0 Å². The summed E-state index contributed by atoms with van der Waals surface area (Å²) in [5, 5.41) is 0. The molecular weight excluding hydrogens is 308 g/mol. The summed E-state index contributed by atoms with van der Waals surface area (Å²) in [7, 11) is 2.00. The molecule has 3 rings (SSSR count). The summed E-state index contributed by atoms with van der Waals surface area (Å²) in [4.78, 5) is 25.9. The third kappa shape index (κ3) is 4.15. The zero-order chi connectivity index (χ0) is 16.9. The Balaban J connectivity index is 1.62. The van der Waals surface area contributed by atoms with E-state index in [1.165, 1.54) is 11.9 Å². The van der Waals surface area contributed by atoms with Crippen molar-refractivity contribution in [3.8, 4) is 0 Å². The summed E-state index contributed by atoms with van der Waals surface area (Å²) in [5.41, 5.74) is 7.40. The summed E-state index contributed by atoms with van der Waals surface area (Å²) in [5.74, 6) is -0.233. The van der Waals surface area contributed by atoms with E-state index >= 15 is 0 Å². The predicted molar refractivity (Wildman–Crippen MR) is 87.0 cm³/mol. The fourth-order valence-corrected chi connectivity index (χ4v) is 2.87. The number of amides is 1. The Hall–Kier alpha value is -2.32. The molecule has 1 atom stereocenters. The number of aromatic nitrogens is 4. The van der Waals surface area contributed by atoms with Gasteiger partial charge in [0.25, 0.3) is 5.91 Å². The predicted octanol–water partition coefficient (Wildman–Crippen LogP) is 0.000100. The van der Waals surface area contributed by atoms with Crippen LogP contribution in [-0.4, -0.2) is 56.6 Å². The van der Waals surface area contributed by atoms with Crippen LogP contribution in [-0.2, 0) is 24.8 Å². The van der Waals surface area contributed by atoms with E-state index in [2.05, 4.69) is 19.9 Å². The van der Waals surface area contributed by atoms with E-state index in [0.717, 1.165) is 38.4 Å². The van der Waals surface area contributed by atoms with Gasteiger partial charge < -0.3 is 15.0 Å². The lowest BCUT2D eigenvalue weighted by molar-refractivity contribution is 0.0995. The molecule has 8 heteroatoms. The summed E-state index contributed by atoms with van der Waals surface area (Å²) in [6.07, 6.45) is 7.53. The smallest absolute Gasteiger partial charge is 0.268 e. The molecule has 1 unspecified atom stereocenters. The third-order valence-corrected chi connectivity index (χ3v) is 4.18. The fourth-order valence-electron chi connectivity index (χ4n) is 2.87. The first-order valence-corrected chi connectivity index (χ1v) is 7.98. The van der Waals surface area contributed by atoms with Crippen LogP contribution in [0.15, 0.2) is 24.9 Å². The van der Waals surface area contributed by atoms with Crippen LogP contribution in [0, 0.1) is 5.92 Å². The number of hydrogen-bond donors (Lipinski definition) is 1. The Morgan fingerprint density at radius 1 is 1.38 bits per heavy atom.